The number of fused-ring (bicyclic) bond motifs is 3. The number of benzene rings is 1. The molecule has 0 spiro atoms. The zero-order chi connectivity index (χ0) is 20.9. The molecular weight excluding hydrogens is 410 g/mol. The van der Waals surface area contributed by atoms with Gasteiger partial charge in [-0.15, -0.1) is 0 Å². The van der Waals surface area contributed by atoms with Crippen LogP contribution in [-0.4, -0.2) is 56.4 Å². The van der Waals surface area contributed by atoms with Crippen LogP contribution in [0.5, 0.6) is 0 Å². The lowest BCUT2D eigenvalue weighted by molar-refractivity contribution is 0.0831. The molecule has 1 aromatic carbocycles. The van der Waals surface area contributed by atoms with Crippen LogP contribution in [-0.2, 0) is 6.54 Å². The zero-order valence-electron chi connectivity index (χ0n) is 17.4. The second-order valence-corrected chi connectivity index (χ2v) is 9.49. The van der Waals surface area contributed by atoms with Gasteiger partial charge in [0.25, 0.3) is 0 Å². The van der Waals surface area contributed by atoms with Crippen molar-refractivity contribution in [3.63, 3.8) is 0 Å². The van der Waals surface area contributed by atoms with E-state index in [1.165, 1.54) is 5.69 Å². The van der Waals surface area contributed by atoms with Crippen LogP contribution in [0.15, 0.2) is 48.7 Å². The molecule has 2 saturated heterocycles. The van der Waals surface area contributed by atoms with E-state index < -0.39 is 0 Å². The number of hydrogen-bond donors (Lipinski definition) is 1. The smallest absolute Gasteiger partial charge is 0.318 e. The number of carbonyl (C=O) groups is 1. The first-order valence-corrected chi connectivity index (χ1v) is 11.6. The Morgan fingerprint density at radius 3 is 2.48 bits per heavy atom. The third-order valence-electron chi connectivity index (χ3n) is 6.82. The number of imidazole rings is 1. The fourth-order valence-corrected chi connectivity index (χ4v) is 5.30. The van der Waals surface area contributed by atoms with E-state index in [1.807, 2.05) is 42.5 Å². The molecule has 1 N–H and O–H groups in total. The molecule has 2 bridgehead atoms. The first kappa shape index (κ1) is 19.1. The van der Waals surface area contributed by atoms with E-state index in [0.29, 0.717) is 18.1 Å². The number of carbonyl (C=O) groups excluding carboxylic acids is 1. The molecule has 160 valence electrons. The highest BCUT2D eigenvalue weighted by molar-refractivity contribution is 6.30. The average Bonchev–Trinajstić information content (AvgIpc) is 3.45. The number of urea groups is 1. The van der Waals surface area contributed by atoms with Gasteiger partial charge in [-0.3, -0.25) is 4.90 Å². The number of halogens is 1. The molecule has 6 rings (SSSR count). The summed E-state index contributed by atoms with van der Waals surface area (Å²) >= 11 is 6.12. The van der Waals surface area contributed by atoms with E-state index in [1.54, 1.807) is 0 Å². The molecule has 2 amide bonds. The first-order chi connectivity index (χ1) is 15.2. The van der Waals surface area contributed by atoms with E-state index in [0.717, 1.165) is 67.2 Å². The van der Waals surface area contributed by atoms with Gasteiger partial charge >= 0.3 is 6.03 Å². The lowest BCUT2D eigenvalue weighted by Crippen LogP contribution is -2.58. The largest absolute Gasteiger partial charge is 0.335 e. The van der Waals surface area contributed by atoms with E-state index >= 15 is 0 Å². The standard InChI is InChI=1S/C24H26ClN5O/c25-17-6-4-16(5-7-17)23-21(29-12-2-1-3-22(29)27-23)15-28-13-19-10-11-20(14-28)30(19)24(31)26-18-8-9-18/h1-7,12,18-20H,8-11,13-15H2,(H,26,31). The van der Waals surface area contributed by atoms with Crippen molar-refractivity contribution in [3.8, 4) is 11.3 Å². The molecular formula is C24H26ClN5O. The SMILES string of the molecule is O=C(NC1CC1)N1C2CCC1CN(Cc1c(-c3ccc(Cl)cc3)nc3ccccn13)C2. The van der Waals surface area contributed by atoms with Crippen molar-refractivity contribution in [1.29, 1.82) is 0 Å². The van der Waals surface area contributed by atoms with Crippen molar-refractivity contribution in [1.82, 2.24) is 24.5 Å². The minimum absolute atomic E-state index is 0.145. The number of piperazine rings is 1. The quantitative estimate of drug-likeness (QED) is 0.669. The summed E-state index contributed by atoms with van der Waals surface area (Å²) < 4.78 is 2.19. The van der Waals surface area contributed by atoms with Crippen molar-refractivity contribution in [2.45, 2.75) is 50.4 Å². The summed E-state index contributed by atoms with van der Waals surface area (Å²) in [6.07, 6.45) is 6.53. The molecule has 2 aliphatic heterocycles. The number of hydrogen-bond acceptors (Lipinski definition) is 3. The Bertz CT molecular complexity index is 1110. The highest BCUT2D eigenvalue weighted by Crippen LogP contribution is 2.33. The molecule has 1 aliphatic carbocycles. The Labute approximate surface area is 186 Å². The summed E-state index contributed by atoms with van der Waals surface area (Å²) in [4.78, 5) is 22.3. The summed E-state index contributed by atoms with van der Waals surface area (Å²) in [5.41, 5.74) is 4.22. The topological polar surface area (TPSA) is 52.9 Å². The Kier molecular flexibility index (Phi) is 4.65. The van der Waals surface area contributed by atoms with Crippen LogP contribution in [0.3, 0.4) is 0 Å². The molecule has 3 aliphatic rings. The molecule has 0 radical (unpaired) electrons. The Hall–Kier alpha value is -2.57. The van der Waals surface area contributed by atoms with Crippen LogP contribution in [0.1, 0.15) is 31.4 Å². The average molecular weight is 436 g/mol. The number of rotatable bonds is 4. The maximum atomic E-state index is 12.7. The van der Waals surface area contributed by atoms with Gasteiger partial charge < -0.3 is 14.6 Å². The summed E-state index contributed by atoms with van der Waals surface area (Å²) in [6.45, 7) is 2.64. The second-order valence-electron chi connectivity index (χ2n) is 9.05. The van der Waals surface area contributed by atoms with Gasteiger partial charge in [-0.2, -0.15) is 0 Å². The monoisotopic (exact) mass is 435 g/mol. The number of aromatic nitrogens is 2. The number of pyridine rings is 1. The van der Waals surface area contributed by atoms with Crippen molar-refractivity contribution in [2.75, 3.05) is 13.1 Å². The minimum atomic E-state index is 0.145. The summed E-state index contributed by atoms with van der Waals surface area (Å²) in [7, 11) is 0. The molecule has 7 heteroatoms. The molecule has 1 saturated carbocycles. The van der Waals surface area contributed by atoms with Gasteiger partial charge in [-0.05, 0) is 49.9 Å². The molecule has 3 aromatic rings. The zero-order valence-corrected chi connectivity index (χ0v) is 18.1. The fourth-order valence-electron chi connectivity index (χ4n) is 5.18. The molecule has 6 nitrogen and oxygen atoms in total. The van der Waals surface area contributed by atoms with E-state index in [-0.39, 0.29) is 6.03 Å². The third kappa shape index (κ3) is 3.58. The number of amides is 2. The van der Waals surface area contributed by atoms with Gasteiger partial charge in [0.05, 0.1) is 11.4 Å². The van der Waals surface area contributed by atoms with Crippen LogP contribution in [0.4, 0.5) is 4.79 Å². The second kappa shape index (κ2) is 7.53. The lowest BCUT2D eigenvalue weighted by atomic mass is 10.1. The highest BCUT2D eigenvalue weighted by Gasteiger charge is 2.43. The van der Waals surface area contributed by atoms with Crippen molar-refractivity contribution in [2.24, 2.45) is 0 Å². The number of likely N-dealkylation sites (tertiary alicyclic amines) is 1. The maximum absolute atomic E-state index is 12.7. The molecule has 2 unspecified atom stereocenters. The Morgan fingerprint density at radius 2 is 1.77 bits per heavy atom. The predicted molar refractivity (Wildman–Crippen MR) is 121 cm³/mol. The van der Waals surface area contributed by atoms with Gasteiger partial charge in [0.1, 0.15) is 5.65 Å². The molecule has 31 heavy (non-hydrogen) atoms. The lowest BCUT2D eigenvalue weighted by Gasteiger charge is -2.41. The van der Waals surface area contributed by atoms with Crippen LogP contribution in [0.25, 0.3) is 16.9 Å². The van der Waals surface area contributed by atoms with Crippen LogP contribution in [0, 0.1) is 0 Å². The van der Waals surface area contributed by atoms with Gasteiger partial charge in [-0.1, -0.05) is 29.8 Å². The summed E-state index contributed by atoms with van der Waals surface area (Å²) in [6, 6.07) is 15.2. The Balaban J connectivity index is 1.27. The molecule has 2 atom stereocenters. The Morgan fingerprint density at radius 1 is 1.03 bits per heavy atom. The van der Waals surface area contributed by atoms with Gasteiger partial charge in [-0.25, -0.2) is 9.78 Å². The summed E-state index contributed by atoms with van der Waals surface area (Å²) in [5.74, 6) is 0. The molecule has 4 heterocycles. The van der Waals surface area contributed by atoms with Gasteiger partial charge in [0.15, 0.2) is 0 Å². The molecule has 2 aromatic heterocycles. The van der Waals surface area contributed by atoms with Crippen LogP contribution < -0.4 is 5.32 Å². The molecule has 3 fully saturated rings. The van der Waals surface area contributed by atoms with Crippen LogP contribution in [0.2, 0.25) is 5.02 Å². The minimum Gasteiger partial charge on any atom is -0.335 e. The highest BCUT2D eigenvalue weighted by atomic mass is 35.5. The van der Waals surface area contributed by atoms with Gasteiger partial charge in [0.2, 0.25) is 0 Å². The normalized spacial score (nSPS) is 23.5. The fraction of sp³-hybridized carbons (Fsp3) is 0.417. The third-order valence-corrected chi connectivity index (χ3v) is 7.07. The maximum Gasteiger partial charge on any atom is 0.318 e. The number of nitrogens with one attached hydrogen (secondary N) is 1. The van der Waals surface area contributed by atoms with E-state index in [2.05, 4.69) is 25.7 Å². The van der Waals surface area contributed by atoms with E-state index in [4.69, 9.17) is 16.6 Å². The van der Waals surface area contributed by atoms with E-state index in [9.17, 15) is 4.79 Å². The predicted octanol–water partition coefficient (Wildman–Crippen LogP) is 4.18. The summed E-state index contributed by atoms with van der Waals surface area (Å²) in [5, 5.41) is 3.92. The number of nitrogens with zero attached hydrogens (tertiary/aromatic N) is 4. The van der Waals surface area contributed by atoms with Crippen molar-refractivity contribution < 1.29 is 4.79 Å². The van der Waals surface area contributed by atoms with Crippen LogP contribution >= 0.6 is 11.6 Å². The first-order valence-electron chi connectivity index (χ1n) is 11.2. The van der Waals surface area contributed by atoms with Gasteiger partial charge in [0, 0.05) is 54.5 Å². The van der Waals surface area contributed by atoms with Crippen molar-refractivity contribution >= 4 is 23.3 Å². The van der Waals surface area contributed by atoms with Crippen molar-refractivity contribution in [3.05, 3.63) is 59.4 Å².